The molecule has 1 saturated heterocycles. The molecule has 1 aliphatic rings. The number of hydrogen-bond acceptors (Lipinski definition) is 3. The molecule has 1 aliphatic heterocycles. The fourth-order valence-electron chi connectivity index (χ4n) is 3.44. The molecule has 25 heavy (non-hydrogen) atoms. The number of amides is 1. The molecule has 0 radical (unpaired) electrons. The van der Waals surface area contributed by atoms with E-state index in [-0.39, 0.29) is 11.9 Å². The first-order valence-corrected chi connectivity index (χ1v) is 8.44. The number of benzene rings is 2. The van der Waals surface area contributed by atoms with Gasteiger partial charge in [-0.1, -0.05) is 48.5 Å². The van der Waals surface area contributed by atoms with Crippen molar-refractivity contribution in [1.82, 2.24) is 9.88 Å². The van der Waals surface area contributed by atoms with Gasteiger partial charge in [-0.25, -0.2) is 0 Å². The zero-order chi connectivity index (χ0) is 17.4. The summed E-state index contributed by atoms with van der Waals surface area (Å²) in [5, 5.41) is 0.961. The predicted octanol–water partition coefficient (Wildman–Crippen LogP) is 4.18. The molecule has 0 saturated carbocycles. The highest BCUT2D eigenvalue weighted by Gasteiger charge is 2.44. The van der Waals surface area contributed by atoms with Crippen LogP contribution >= 0.6 is 0 Å². The Labute approximate surface area is 147 Å². The van der Waals surface area contributed by atoms with Crippen molar-refractivity contribution >= 4 is 16.8 Å². The third-order valence-electron chi connectivity index (χ3n) is 4.73. The van der Waals surface area contributed by atoms with E-state index in [1.807, 2.05) is 79.4 Å². The molecule has 0 unspecified atom stereocenters. The summed E-state index contributed by atoms with van der Waals surface area (Å²) in [7, 11) is 0. The molecule has 0 spiro atoms. The van der Waals surface area contributed by atoms with Gasteiger partial charge in [-0.15, -0.1) is 0 Å². The van der Waals surface area contributed by atoms with Gasteiger partial charge in [0.25, 0.3) is 5.91 Å². The van der Waals surface area contributed by atoms with Crippen molar-refractivity contribution in [2.45, 2.75) is 25.6 Å². The molecule has 4 nitrogen and oxygen atoms in total. The van der Waals surface area contributed by atoms with Gasteiger partial charge in [0.05, 0.1) is 23.7 Å². The fraction of sp³-hybridized carbons (Fsp3) is 0.238. The van der Waals surface area contributed by atoms with Crippen LogP contribution in [0.25, 0.3) is 10.9 Å². The maximum atomic E-state index is 13.3. The van der Waals surface area contributed by atoms with Crippen LogP contribution in [0.5, 0.6) is 0 Å². The van der Waals surface area contributed by atoms with Gasteiger partial charge in [-0.3, -0.25) is 9.78 Å². The Morgan fingerprint density at radius 1 is 1.12 bits per heavy atom. The zero-order valence-corrected chi connectivity index (χ0v) is 14.3. The summed E-state index contributed by atoms with van der Waals surface area (Å²) in [6.07, 6.45) is 1.65. The molecule has 4 rings (SSSR count). The SMILES string of the molecule is CC1(C)OC[C@H](c2ccccc2)N1C(=O)c1cnc2ccccc2c1. The number of ether oxygens (including phenoxy) is 1. The highest BCUT2D eigenvalue weighted by Crippen LogP contribution is 2.38. The second-order valence-corrected chi connectivity index (χ2v) is 6.78. The summed E-state index contributed by atoms with van der Waals surface area (Å²) in [4.78, 5) is 19.6. The van der Waals surface area contributed by atoms with E-state index in [9.17, 15) is 4.79 Å². The molecule has 3 aromatic rings. The van der Waals surface area contributed by atoms with Crippen LogP contribution in [-0.2, 0) is 4.74 Å². The van der Waals surface area contributed by atoms with Gasteiger partial charge >= 0.3 is 0 Å². The lowest BCUT2D eigenvalue weighted by atomic mass is 10.0. The highest BCUT2D eigenvalue weighted by molar-refractivity contribution is 5.98. The molecule has 2 heterocycles. The summed E-state index contributed by atoms with van der Waals surface area (Å²) >= 11 is 0. The van der Waals surface area contributed by atoms with Crippen molar-refractivity contribution in [1.29, 1.82) is 0 Å². The monoisotopic (exact) mass is 332 g/mol. The number of carbonyl (C=O) groups excluding carboxylic acids is 1. The molecule has 1 fully saturated rings. The zero-order valence-electron chi connectivity index (χ0n) is 14.3. The third kappa shape index (κ3) is 2.79. The average Bonchev–Trinajstić information content (AvgIpc) is 2.96. The molecule has 126 valence electrons. The standard InChI is InChI=1S/C21H20N2O2/c1-21(2)23(19(14-25-21)15-8-4-3-5-9-15)20(24)17-12-16-10-6-7-11-18(16)22-13-17/h3-13,19H,14H2,1-2H3/t19-/m1/s1. The molecule has 1 atom stereocenters. The van der Waals surface area contributed by atoms with Gasteiger partial charge in [-0.05, 0) is 31.5 Å². The summed E-state index contributed by atoms with van der Waals surface area (Å²) in [6, 6.07) is 19.6. The van der Waals surface area contributed by atoms with Crippen molar-refractivity contribution < 1.29 is 9.53 Å². The number of fused-ring (bicyclic) bond motifs is 1. The van der Waals surface area contributed by atoms with Gasteiger partial charge in [0.1, 0.15) is 5.72 Å². The van der Waals surface area contributed by atoms with Crippen molar-refractivity contribution in [2.24, 2.45) is 0 Å². The van der Waals surface area contributed by atoms with Crippen LogP contribution in [-0.4, -0.2) is 28.1 Å². The van der Waals surface area contributed by atoms with Crippen LogP contribution in [0.1, 0.15) is 35.8 Å². The number of carbonyl (C=O) groups is 1. The topological polar surface area (TPSA) is 42.4 Å². The van der Waals surface area contributed by atoms with Gasteiger partial charge in [-0.2, -0.15) is 0 Å². The summed E-state index contributed by atoms with van der Waals surface area (Å²) < 4.78 is 5.93. The maximum absolute atomic E-state index is 13.3. The normalized spacial score (nSPS) is 19.3. The Bertz CT molecular complexity index is 921. The molecule has 0 aliphatic carbocycles. The van der Waals surface area contributed by atoms with E-state index in [0.717, 1.165) is 16.5 Å². The minimum atomic E-state index is -0.663. The van der Waals surface area contributed by atoms with Crippen molar-refractivity contribution in [3.63, 3.8) is 0 Å². The lowest BCUT2D eigenvalue weighted by molar-refractivity contribution is -0.0403. The maximum Gasteiger partial charge on any atom is 0.258 e. The first kappa shape index (κ1) is 15.8. The van der Waals surface area contributed by atoms with Crippen molar-refractivity contribution in [2.75, 3.05) is 6.61 Å². The van der Waals surface area contributed by atoms with Crippen LogP contribution in [0.2, 0.25) is 0 Å². The lowest BCUT2D eigenvalue weighted by Crippen LogP contribution is -2.44. The van der Waals surface area contributed by atoms with Crippen LogP contribution < -0.4 is 0 Å². The fourth-order valence-corrected chi connectivity index (χ4v) is 3.44. The minimum absolute atomic E-state index is 0.0605. The molecule has 2 aromatic carbocycles. The van der Waals surface area contributed by atoms with Gasteiger partial charge in [0.2, 0.25) is 0 Å². The summed E-state index contributed by atoms with van der Waals surface area (Å²) in [5.41, 5.74) is 1.88. The van der Waals surface area contributed by atoms with Gasteiger partial charge < -0.3 is 9.64 Å². The Kier molecular flexibility index (Phi) is 3.77. The van der Waals surface area contributed by atoms with E-state index < -0.39 is 5.72 Å². The van der Waals surface area contributed by atoms with Gasteiger partial charge in [0.15, 0.2) is 0 Å². The number of nitrogens with zero attached hydrogens (tertiary/aromatic N) is 2. The Balaban J connectivity index is 1.74. The molecule has 1 amide bonds. The first-order valence-electron chi connectivity index (χ1n) is 8.44. The Morgan fingerprint density at radius 2 is 1.84 bits per heavy atom. The average molecular weight is 332 g/mol. The number of aromatic nitrogens is 1. The minimum Gasteiger partial charge on any atom is -0.354 e. The molecule has 4 heteroatoms. The second-order valence-electron chi connectivity index (χ2n) is 6.78. The smallest absolute Gasteiger partial charge is 0.258 e. The number of hydrogen-bond donors (Lipinski definition) is 0. The number of para-hydroxylation sites is 1. The largest absolute Gasteiger partial charge is 0.354 e. The Hall–Kier alpha value is -2.72. The highest BCUT2D eigenvalue weighted by atomic mass is 16.5. The molecule has 1 aromatic heterocycles. The predicted molar refractivity (Wildman–Crippen MR) is 97.1 cm³/mol. The summed E-state index contributed by atoms with van der Waals surface area (Å²) in [6.45, 7) is 4.36. The van der Waals surface area contributed by atoms with E-state index in [2.05, 4.69) is 4.98 Å². The number of rotatable bonds is 2. The second kappa shape index (κ2) is 5.97. The first-order chi connectivity index (χ1) is 12.1. The van der Waals surface area contributed by atoms with Crippen molar-refractivity contribution in [3.05, 3.63) is 78.0 Å². The van der Waals surface area contributed by atoms with E-state index in [1.54, 1.807) is 6.20 Å². The van der Waals surface area contributed by atoms with Crippen LogP contribution in [0.4, 0.5) is 0 Å². The van der Waals surface area contributed by atoms with Gasteiger partial charge in [0, 0.05) is 11.6 Å². The molecular weight excluding hydrogens is 312 g/mol. The molecule has 0 N–H and O–H groups in total. The molecule has 0 bridgehead atoms. The van der Waals surface area contributed by atoms with E-state index in [4.69, 9.17) is 4.74 Å². The third-order valence-corrected chi connectivity index (χ3v) is 4.73. The lowest BCUT2D eigenvalue weighted by Gasteiger charge is -2.34. The van der Waals surface area contributed by atoms with Crippen LogP contribution in [0.15, 0.2) is 66.9 Å². The van der Waals surface area contributed by atoms with Crippen LogP contribution in [0.3, 0.4) is 0 Å². The van der Waals surface area contributed by atoms with E-state index in [1.165, 1.54) is 0 Å². The summed E-state index contributed by atoms with van der Waals surface area (Å²) in [5.74, 6) is -0.0605. The van der Waals surface area contributed by atoms with Crippen LogP contribution in [0, 0.1) is 0 Å². The van der Waals surface area contributed by atoms with E-state index >= 15 is 0 Å². The Morgan fingerprint density at radius 3 is 2.64 bits per heavy atom. The van der Waals surface area contributed by atoms with Crippen molar-refractivity contribution in [3.8, 4) is 0 Å². The number of pyridine rings is 1. The quantitative estimate of drug-likeness (QED) is 0.707. The van der Waals surface area contributed by atoms with E-state index in [0.29, 0.717) is 12.2 Å². The molecular formula is C21H20N2O2.